The molecule has 0 amide bonds. The lowest BCUT2D eigenvalue weighted by molar-refractivity contribution is -0.160. The zero-order chi connectivity index (χ0) is 34.1. The van der Waals surface area contributed by atoms with Gasteiger partial charge < -0.3 is 18.9 Å². The van der Waals surface area contributed by atoms with E-state index in [1.165, 1.54) is 14.2 Å². The molecular formula is C34H48N4O8. The van der Waals surface area contributed by atoms with Crippen LogP contribution in [0.5, 0.6) is 0 Å². The van der Waals surface area contributed by atoms with E-state index in [-0.39, 0.29) is 49.7 Å². The van der Waals surface area contributed by atoms with Gasteiger partial charge in [-0.3, -0.25) is 19.4 Å². The number of carbonyl (C=O) groups excluding carboxylic acids is 4. The predicted molar refractivity (Wildman–Crippen MR) is 170 cm³/mol. The minimum atomic E-state index is -0.684. The van der Waals surface area contributed by atoms with Gasteiger partial charge >= 0.3 is 23.9 Å². The van der Waals surface area contributed by atoms with E-state index in [4.69, 9.17) is 18.9 Å². The van der Waals surface area contributed by atoms with Gasteiger partial charge in [0.25, 0.3) is 0 Å². The molecule has 0 radical (unpaired) electrons. The van der Waals surface area contributed by atoms with Crippen LogP contribution in [0.3, 0.4) is 0 Å². The fourth-order valence-electron chi connectivity index (χ4n) is 5.59. The molecule has 0 bridgehead atoms. The van der Waals surface area contributed by atoms with Crippen molar-refractivity contribution in [2.45, 2.75) is 104 Å². The topological polar surface area (TPSA) is 137 Å². The number of pyridine rings is 2. The summed E-state index contributed by atoms with van der Waals surface area (Å²) < 4.78 is 21.2. The molecule has 1 aliphatic carbocycles. The summed E-state index contributed by atoms with van der Waals surface area (Å²) in [6, 6.07) is 9.82. The summed E-state index contributed by atoms with van der Waals surface area (Å²) in [5.41, 5.74) is 0.137. The number of methoxy groups -OCH3 is 2. The fraction of sp³-hybridized carbons (Fsp3) is 0.588. The molecule has 0 N–H and O–H groups in total. The van der Waals surface area contributed by atoms with Crippen LogP contribution in [0.2, 0.25) is 0 Å². The van der Waals surface area contributed by atoms with Crippen LogP contribution in [-0.2, 0) is 41.6 Å². The average Bonchev–Trinajstić information content (AvgIpc) is 2.98. The first-order valence-electron chi connectivity index (χ1n) is 15.6. The minimum Gasteiger partial charge on any atom is -0.464 e. The molecular weight excluding hydrogens is 592 g/mol. The highest BCUT2D eigenvalue weighted by Gasteiger charge is 2.37. The van der Waals surface area contributed by atoms with E-state index in [1.54, 1.807) is 36.4 Å². The minimum absolute atomic E-state index is 0.0288. The lowest BCUT2D eigenvalue weighted by Crippen LogP contribution is -2.55. The highest BCUT2D eigenvalue weighted by atomic mass is 16.6. The number of hydrogen-bond acceptors (Lipinski definition) is 12. The van der Waals surface area contributed by atoms with Crippen molar-refractivity contribution in [1.29, 1.82) is 0 Å². The summed E-state index contributed by atoms with van der Waals surface area (Å²) in [7, 11) is 2.60. The van der Waals surface area contributed by atoms with Crippen LogP contribution in [0.25, 0.3) is 0 Å². The van der Waals surface area contributed by atoms with Crippen molar-refractivity contribution >= 4 is 23.9 Å². The number of rotatable bonds is 12. The molecule has 0 aromatic carbocycles. The molecule has 252 valence electrons. The van der Waals surface area contributed by atoms with E-state index in [2.05, 4.69) is 9.97 Å². The Labute approximate surface area is 271 Å². The molecule has 3 rings (SSSR count). The van der Waals surface area contributed by atoms with Crippen LogP contribution in [-0.4, -0.2) is 94.2 Å². The van der Waals surface area contributed by atoms with Gasteiger partial charge in [0.1, 0.15) is 22.6 Å². The molecule has 2 heterocycles. The van der Waals surface area contributed by atoms with Gasteiger partial charge in [0.05, 0.1) is 38.7 Å². The number of hydrogen-bond donors (Lipinski definition) is 0. The summed E-state index contributed by atoms with van der Waals surface area (Å²) in [5.74, 6) is -1.90. The van der Waals surface area contributed by atoms with Crippen LogP contribution in [0.15, 0.2) is 36.4 Å². The quantitative estimate of drug-likeness (QED) is 0.241. The highest BCUT2D eigenvalue weighted by Crippen LogP contribution is 2.30. The number of aromatic nitrogens is 2. The first-order chi connectivity index (χ1) is 21.6. The van der Waals surface area contributed by atoms with Crippen LogP contribution < -0.4 is 0 Å². The van der Waals surface area contributed by atoms with Gasteiger partial charge in [-0.1, -0.05) is 25.0 Å². The molecule has 0 spiro atoms. The van der Waals surface area contributed by atoms with Gasteiger partial charge in [0.15, 0.2) is 0 Å². The Kier molecular flexibility index (Phi) is 12.8. The van der Waals surface area contributed by atoms with E-state index in [9.17, 15) is 19.2 Å². The third kappa shape index (κ3) is 11.5. The molecule has 1 aliphatic rings. The molecule has 0 unspecified atom stereocenters. The molecule has 2 aromatic heterocycles. The van der Waals surface area contributed by atoms with Gasteiger partial charge in [0, 0.05) is 25.2 Å². The normalized spacial score (nSPS) is 17.0. The summed E-state index contributed by atoms with van der Waals surface area (Å²) in [6.45, 7) is 11.4. The predicted octanol–water partition coefficient (Wildman–Crippen LogP) is 4.35. The van der Waals surface area contributed by atoms with E-state index in [1.807, 2.05) is 51.3 Å². The van der Waals surface area contributed by atoms with Crippen molar-refractivity contribution in [3.05, 3.63) is 59.2 Å². The monoisotopic (exact) mass is 640 g/mol. The van der Waals surface area contributed by atoms with Gasteiger partial charge in [-0.2, -0.15) is 0 Å². The van der Waals surface area contributed by atoms with Crippen molar-refractivity contribution in [3.8, 4) is 0 Å². The second-order valence-electron chi connectivity index (χ2n) is 13.4. The maximum Gasteiger partial charge on any atom is 0.356 e. The Morgan fingerprint density at radius 1 is 0.674 bits per heavy atom. The smallest absolute Gasteiger partial charge is 0.356 e. The van der Waals surface area contributed by atoms with E-state index >= 15 is 0 Å². The van der Waals surface area contributed by atoms with Crippen LogP contribution >= 0.6 is 0 Å². The summed E-state index contributed by atoms with van der Waals surface area (Å²) >= 11 is 0. The largest absolute Gasteiger partial charge is 0.464 e. The third-order valence-corrected chi connectivity index (χ3v) is 7.27. The number of nitrogens with zero attached hydrogens (tertiary/aromatic N) is 4. The van der Waals surface area contributed by atoms with Gasteiger partial charge in [-0.25, -0.2) is 19.6 Å². The van der Waals surface area contributed by atoms with Crippen LogP contribution in [0.1, 0.15) is 99.6 Å². The Balaban J connectivity index is 2.02. The molecule has 12 heteroatoms. The van der Waals surface area contributed by atoms with Crippen LogP contribution in [0.4, 0.5) is 0 Å². The Morgan fingerprint density at radius 3 is 1.37 bits per heavy atom. The second kappa shape index (κ2) is 16.1. The van der Waals surface area contributed by atoms with Gasteiger partial charge in [0.2, 0.25) is 0 Å². The molecule has 2 atom stereocenters. The lowest BCUT2D eigenvalue weighted by Gasteiger charge is -2.44. The summed E-state index contributed by atoms with van der Waals surface area (Å²) in [6.07, 6.45) is 3.31. The fourth-order valence-corrected chi connectivity index (χ4v) is 5.59. The molecule has 1 saturated carbocycles. The zero-order valence-electron chi connectivity index (χ0n) is 28.3. The maximum absolute atomic E-state index is 13.3. The van der Waals surface area contributed by atoms with Crippen molar-refractivity contribution in [1.82, 2.24) is 19.8 Å². The van der Waals surface area contributed by atoms with E-state index in [0.29, 0.717) is 11.4 Å². The second-order valence-corrected chi connectivity index (χ2v) is 13.4. The van der Waals surface area contributed by atoms with Crippen molar-refractivity contribution in [3.63, 3.8) is 0 Å². The molecule has 12 nitrogen and oxygen atoms in total. The van der Waals surface area contributed by atoms with Crippen molar-refractivity contribution in [2.75, 3.05) is 27.3 Å². The first-order valence-corrected chi connectivity index (χ1v) is 15.6. The molecule has 2 aromatic rings. The van der Waals surface area contributed by atoms with Crippen molar-refractivity contribution < 1.29 is 38.1 Å². The highest BCUT2D eigenvalue weighted by molar-refractivity contribution is 5.87. The number of esters is 4. The Hall–Kier alpha value is -3.90. The Morgan fingerprint density at radius 2 is 1.04 bits per heavy atom. The SMILES string of the molecule is COC(=O)c1cccc(CN(CC(=O)OC(C)(C)C)[C@@H]2CCCC[C@H]2N(CC(=O)OC(C)(C)C)Cc2cccc(C(=O)OC)n2)n1. The standard InChI is InChI=1S/C34H48N4O8/c1-33(2,3)45-29(39)21-37(19-23-13-11-15-25(35-23)31(41)43-7)27-17-9-10-18-28(27)38(22-30(40)46-34(4,5)6)20-24-14-12-16-26(36-24)32(42)44-8/h11-16,27-28H,9-10,17-22H2,1-8H3/t27-,28-/m1/s1. The van der Waals surface area contributed by atoms with Gasteiger partial charge in [-0.05, 0) is 78.6 Å². The molecule has 1 fully saturated rings. The summed E-state index contributed by atoms with van der Waals surface area (Å²) in [5, 5.41) is 0. The third-order valence-electron chi connectivity index (χ3n) is 7.27. The average molecular weight is 641 g/mol. The number of ether oxygens (including phenoxy) is 4. The first kappa shape index (κ1) is 36.6. The van der Waals surface area contributed by atoms with Crippen LogP contribution in [0, 0.1) is 0 Å². The molecule has 46 heavy (non-hydrogen) atoms. The molecule has 0 aliphatic heterocycles. The molecule has 0 saturated heterocycles. The van der Waals surface area contributed by atoms with E-state index in [0.717, 1.165) is 25.7 Å². The lowest BCUT2D eigenvalue weighted by atomic mass is 9.87. The maximum atomic E-state index is 13.3. The number of carbonyl (C=O) groups is 4. The zero-order valence-corrected chi connectivity index (χ0v) is 28.3. The summed E-state index contributed by atoms with van der Waals surface area (Å²) in [4.78, 5) is 64.0. The Bertz CT molecular complexity index is 1260. The van der Waals surface area contributed by atoms with Crippen molar-refractivity contribution in [2.24, 2.45) is 0 Å². The van der Waals surface area contributed by atoms with E-state index < -0.39 is 35.1 Å². The van der Waals surface area contributed by atoms with Gasteiger partial charge in [-0.15, -0.1) is 0 Å².